The number of methoxy groups -OCH3 is 2. The van der Waals surface area contributed by atoms with Gasteiger partial charge in [0, 0.05) is 12.0 Å². The second-order valence-electron chi connectivity index (χ2n) is 5.82. The SMILES string of the molecule is COc1ccc(-c2noc(CC(C)(C)C)n2)cc1OC. The molecule has 108 valence electrons. The van der Waals surface area contributed by atoms with Gasteiger partial charge in [0.1, 0.15) is 0 Å². The van der Waals surface area contributed by atoms with Gasteiger partial charge in [-0.1, -0.05) is 25.9 Å². The topological polar surface area (TPSA) is 57.4 Å². The van der Waals surface area contributed by atoms with Crippen molar-refractivity contribution in [1.82, 2.24) is 10.1 Å². The number of hydrogen-bond acceptors (Lipinski definition) is 5. The molecule has 0 saturated heterocycles. The molecule has 0 amide bonds. The highest BCUT2D eigenvalue weighted by atomic mass is 16.5. The van der Waals surface area contributed by atoms with E-state index in [1.807, 2.05) is 18.2 Å². The molecule has 1 heterocycles. The van der Waals surface area contributed by atoms with E-state index in [2.05, 4.69) is 30.9 Å². The Hall–Kier alpha value is -2.04. The molecule has 1 aromatic heterocycles. The van der Waals surface area contributed by atoms with Crippen LogP contribution in [-0.4, -0.2) is 24.4 Å². The first-order valence-corrected chi connectivity index (χ1v) is 6.48. The molecular formula is C15H20N2O3. The molecule has 0 saturated carbocycles. The van der Waals surface area contributed by atoms with Crippen molar-refractivity contribution in [2.75, 3.05) is 14.2 Å². The fraction of sp³-hybridized carbons (Fsp3) is 0.467. The molecule has 0 unspecified atom stereocenters. The van der Waals surface area contributed by atoms with E-state index in [1.165, 1.54) is 0 Å². The second-order valence-corrected chi connectivity index (χ2v) is 5.82. The maximum Gasteiger partial charge on any atom is 0.227 e. The minimum absolute atomic E-state index is 0.113. The maximum absolute atomic E-state index is 5.29. The van der Waals surface area contributed by atoms with Crippen LogP contribution in [0.25, 0.3) is 11.4 Å². The van der Waals surface area contributed by atoms with E-state index < -0.39 is 0 Å². The first-order chi connectivity index (χ1) is 9.43. The molecule has 1 aromatic carbocycles. The number of nitrogens with zero attached hydrogens (tertiary/aromatic N) is 2. The fourth-order valence-corrected chi connectivity index (χ4v) is 1.87. The molecule has 5 nitrogen and oxygen atoms in total. The van der Waals surface area contributed by atoms with E-state index in [0.29, 0.717) is 23.2 Å². The third-order valence-electron chi connectivity index (χ3n) is 2.79. The molecule has 20 heavy (non-hydrogen) atoms. The Balaban J connectivity index is 2.28. The summed E-state index contributed by atoms with van der Waals surface area (Å²) >= 11 is 0. The minimum Gasteiger partial charge on any atom is -0.493 e. The maximum atomic E-state index is 5.29. The van der Waals surface area contributed by atoms with Crippen molar-refractivity contribution in [3.05, 3.63) is 24.1 Å². The van der Waals surface area contributed by atoms with E-state index in [9.17, 15) is 0 Å². The number of hydrogen-bond donors (Lipinski definition) is 0. The predicted molar refractivity (Wildman–Crippen MR) is 76.0 cm³/mol. The first-order valence-electron chi connectivity index (χ1n) is 6.48. The van der Waals surface area contributed by atoms with Crippen LogP contribution in [0, 0.1) is 5.41 Å². The molecule has 0 fully saturated rings. The van der Waals surface area contributed by atoms with Crippen molar-refractivity contribution in [1.29, 1.82) is 0 Å². The Morgan fingerprint density at radius 1 is 1.10 bits per heavy atom. The summed E-state index contributed by atoms with van der Waals surface area (Å²) in [5.74, 6) is 2.52. The summed E-state index contributed by atoms with van der Waals surface area (Å²) in [6, 6.07) is 5.55. The van der Waals surface area contributed by atoms with Gasteiger partial charge >= 0.3 is 0 Å². The van der Waals surface area contributed by atoms with Gasteiger partial charge in [0.15, 0.2) is 11.5 Å². The Morgan fingerprint density at radius 3 is 2.40 bits per heavy atom. The van der Waals surface area contributed by atoms with Gasteiger partial charge in [0.2, 0.25) is 11.7 Å². The number of aromatic nitrogens is 2. The lowest BCUT2D eigenvalue weighted by Crippen LogP contribution is -2.09. The van der Waals surface area contributed by atoms with Crippen LogP contribution in [0.2, 0.25) is 0 Å². The molecule has 0 bridgehead atoms. The van der Waals surface area contributed by atoms with E-state index in [1.54, 1.807) is 14.2 Å². The van der Waals surface area contributed by atoms with Crippen molar-refractivity contribution >= 4 is 0 Å². The van der Waals surface area contributed by atoms with Crippen LogP contribution < -0.4 is 9.47 Å². The van der Waals surface area contributed by atoms with Gasteiger partial charge in [-0.3, -0.25) is 0 Å². The number of benzene rings is 1. The van der Waals surface area contributed by atoms with Crippen molar-refractivity contribution in [2.45, 2.75) is 27.2 Å². The average Bonchev–Trinajstić information content (AvgIpc) is 2.84. The Labute approximate surface area is 118 Å². The average molecular weight is 276 g/mol. The van der Waals surface area contributed by atoms with Gasteiger partial charge in [-0.05, 0) is 23.6 Å². The third kappa shape index (κ3) is 3.29. The first kappa shape index (κ1) is 14.4. The molecule has 2 aromatic rings. The Kier molecular flexibility index (Phi) is 3.97. The van der Waals surface area contributed by atoms with Gasteiger partial charge in [0.05, 0.1) is 14.2 Å². The zero-order valence-corrected chi connectivity index (χ0v) is 12.6. The summed E-state index contributed by atoms with van der Waals surface area (Å²) in [6.45, 7) is 6.40. The Morgan fingerprint density at radius 2 is 1.80 bits per heavy atom. The highest BCUT2D eigenvalue weighted by molar-refractivity contribution is 5.60. The van der Waals surface area contributed by atoms with E-state index in [0.717, 1.165) is 12.0 Å². The minimum atomic E-state index is 0.113. The molecule has 0 radical (unpaired) electrons. The summed E-state index contributed by atoms with van der Waals surface area (Å²) in [7, 11) is 3.20. The van der Waals surface area contributed by atoms with Crippen LogP contribution in [0.4, 0.5) is 0 Å². The lowest BCUT2D eigenvalue weighted by Gasteiger charge is -2.13. The molecule has 0 aliphatic rings. The van der Waals surface area contributed by atoms with Crippen LogP contribution in [-0.2, 0) is 6.42 Å². The standard InChI is InChI=1S/C15H20N2O3/c1-15(2,3)9-13-16-14(17-20-13)10-6-7-11(18-4)12(8-10)19-5/h6-8H,9H2,1-5H3. The van der Waals surface area contributed by atoms with Gasteiger partial charge in [-0.25, -0.2) is 0 Å². The number of ether oxygens (including phenoxy) is 2. The fourth-order valence-electron chi connectivity index (χ4n) is 1.87. The third-order valence-corrected chi connectivity index (χ3v) is 2.79. The molecule has 0 aliphatic heterocycles. The largest absolute Gasteiger partial charge is 0.493 e. The lowest BCUT2D eigenvalue weighted by atomic mass is 9.92. The smallest absolute Gasteiger partial charge is 0.227 e. The highest BCUT2D eigenvalue weighted by Gasteiger charge is 2.18. The molecule has 0 spiro atoms. The summed E-state index contributed by atoms with van der Waals surface area (Å²) in [4.78, 5) is 4.42. The predicted octanol–water partition coefficient (Wildman–Crippen LogP) is 3.34. The van der Waals surface area contributed by atoms with Crippen LogP contribution in [0.5, 0.6) is 11.5 Å². The zero-order valence-electron chi connectivity index (χ0n) is 12.6. The van der Waals surface area contributed by atoms with Gasteiger partial charge in [-0.15, -0.1) is 0 Å². The molecule has 5 heteroatoms. The quantitative estimate of drug-likeness (QED) is 0.857. The van der Waals surface area contributed by atoms with E-state index in [4.69, 9.17) is 14.0 Å². The summed E-state index contributed by atoms with van der Waals surface area (Å²) in [6.07, 6.45) is 0.743. The van der Waals surface area contributed by atoms with Crippen LogP contribution in [0.1, 0.15) is 26.7 Å². The molecule has 0 atom stereocenters. The van der Waals surface area contributed by atoms with Crippen LogP contribution in [0.3, 0.4) is 0 Å². The monoisotopic (exact) mass is 276 g/mol. The molecule has 0 aliphatic carbocycles. The van der Waals surface area contributed by atoms with Crippen molar-refractivity contribution in [3.63, 3.8) is 0 Å². The van der Waals surface area contributed by atoms with Crippen molar-refractivity contribution in [3.8, 4) is 22.9 Å². The Bertz CT molecular complexity index is 585. The number of rotatable bonds is 4. The van der Waals surface area contributed by atoms with Crippen LogP contribution in [0.15, 0.2) is 22.7 Å². The van der Waals surface area contributed by atoms with Gasteiger partial charge < -0.3 is 14.0 Å². The summed E-state index contributed by atoms with van der Waals surface area (Å²) in [5, 5.41) is 4.02. The van der Waals surface area contributed by atoms with E-state index in [-0.39, 0.29) is 5.41 Å². The van der Waals surface area contributed by atoms with Gasteiger partial charge in [-0.2, -0.15) is 4.98 Å². The van der Waals surface area contributed by atoms with Gasteiger partial charge in [0.25, 0.3) is 0 Å². The van der Waals surface area contributed by atoms with E-state index >= 15 is 0 Å². The second kappa shape index (κ2) is 5.53. The molecule has 0 N–H and O–H groups in total. The van der Waals surface area contributed by atoms with Crippen molar-refractivity contribution in [2.24, 2.45) is 5.41 Å². The van der Waals surface area contributed by atoms with Crippen molar-refractivity contribution < 1.29 is 14.0 Å². The zero-order chi connectivity index (χ0) is 14.8. The lowest BCUT2D eigenvalue weighted by molar-refractivity contribution is 0.314. The summed E-state index contributed by atoms with van der Waals surface area (Å²) in [5.41, 5.74) is 0.952. The molecule has 2 rings (SSSR count). The summed E-state index contributed by atoms with van der Waals surface area (Å²) < 4.78 is 15.8. The highest BCUT2D eigenvalue weighted by Crippen LogP contribution is 2.31. The van der Waals surface area contributed by atoms with Crippen LogP contribution >= 0.6 is 0 Å². The molecular weight excluding hydrogens is 256 g/mol. The normalized spacial score (nSPS) is 11.4.